The number of hydrogen-bond donors (Lipinski definition) is 2. The lowest BCUT2D eigenvalue weighted by molar-refractivity contribution is -0.129. The van der Waals surface area contributed by atoms with Crippen molar-refractivity contribution in [3.05, 3.63) is 28.8 Å². The molecular weight excluding hydrogens is 236 g/mol. The maximum absolute atomic E-state index is 12.5. The largest absolute Gasteiger partial charge is 0.325 e. The van der Waals surface area contributed by atoms with Crippen molar-refractivity contribution < 1.29 is 4.79 Å². The zero-order valence-corrected chi connectivity index (χ0v) is 12.4. The first-order valence-corrected chi connectivity index (χ1v) is 7.03. The Hall–Kier alpha value is -1.35. The van der Waals surface area contributed by atoms with Gasteiger partial charge in [-0.1, -0.05) is 12.5 Å². The smallest absolute Gasteiger partial charge is 0.231 e. The number of benzene rings is 1. The molecule has 3 heteroatoms. The Morgan fingerprint density at radius 3 is 2.42 bits per heavy atom. The van der Waals surface area contributed by atoms with Crippen molar-refractivity contribution in [2.24, 2.45) is 5.41 Å². The summed E-state index contributed by atoms with van der Waals surface area (Å²) in [4.78, 5) is 12.5. The molecule has 0 spiro atoms. The second-order valence-electron chi connectivity index (χ2n) is 5.80. The van der Waals surface area contributed by atoms with Gasteiger partial charge in [-0.15, -0.1) is 0 Å². The first kappa shape index (κ1) is 14.1. The maximum atomic E-state index is 12.5. The molecule has 1 saturated carbocycles. The van der Waals surface area contributed by atoms with Crippen molar-refractivity contribution in [1.29, 1.82) is 0 Å². The van der Waals surface area contributed by atoms with Gasteiger partial charge in [-0.3, -0.25) is 4.79 Å². The van der Waals surface area contributed by atoms with Crippen LogP contribution in [-0.4, -0.2) is 19.5 Å². The van der Waals surface area contributed by atoms with Crippen LogP contribution in [0.2, 0.25) is 0 Å². The molecule has 1 aromatic carbocycles. The van der Waals surface area contributed by atoms with Crippen molar-refractivity contribution in [2.75, 3.05) is 18.9 Å². The van der Waals surface area contributed by atoms with E-state index in [2.05, 4.69) is 37.5 Å². The van der Waals surface area contributed by atoms with E-state index >= 15 is 0 Å². The second kappa shape index (κ2) is 5.33. The van der Waals surface area contributed by atoms with Gasteiger partial charge in [0.05, 0.1) is 5.41 Å². The van der Waals surface area contributed by atoms with E-state index < -0.39 is 0 Å². The quantitative estimate of drug-likeness (QED) is 0.874. The molecule has 0 aromatic heterocycles. The van der Waals surface area contributed by atoms with Crippen LogP contribution in [0.3, 0.4) is 0 Å². The summed E-state index contributed by atoms with van der Waals surface area (Å²) in [6.45, 7) is 7.04. The molecule has 0 aliphatic heterocycles. The summed E-state index contributed by atoms with van der Waals surface area (Å²) >= 11 is 0. The summed E-state index contributed by atoms with van der Waals surface area (Å²) in [6, 6.07) is 4.09. The summed E-state index contributed by atoms with van der Waals surface area (Å²) in [5, 5.41) is 6.28. The van der Waals surface area contributed by atoms with E-state index in [0.29, 0.717) is 0 Å². The van der Waals surface area contributed by atoms with E-state index in [9.17, 15) is 4.79 Å². The van der Waals surface area contributed by atoms with Crippen molar-refractivity contribution in [3.8, 4) is 0 Å². The minimum Gasteiger partial charge on any atom is -0.325 e. The summed E-state index contributed by atoms with van der Waals surface area (Å²) in [7, 11) is 1.91. The Morgan fingerprint density at radius 1 is 1.21 bits per heavy atom. The Morgan fingerprint density at radius 2 is 1.89 bits per heavy atom. The van der Waals surface area contributed by atoms with Gasteiger partial charge in [0.15, 0.2) is 0 Å². The van der Waals surface area contributed by atoms with Crippen LogP contribution >= 0.6 is 0 Å². The number of aryl methyl sites for hydroxylation is 1. The van der Waals surface area contributed by atoms with Crippen LogP contribution in [0.5, 0.6) is 0 Å². The fourth-order valence-corrected chi connectivity index (χ4v) is 2.77. The lowest BCUT2D eigenvalue weighted by Gasteiger charge is -2.40. The van der Waals surface area contributed by atoms with Crippen LogP contribution in [-0.2, 0) is 4.79 Å². The van der Waals surface area contributed by atoms with Crippen LogP contribution in [0.15, 0.2) is 12.1 Å². The minimum absolute atomic E-state index is 0.166. The summed E-state index contributed by atoms with van der Waals surface area (Å²) in [5.74, 6) is 0.166. The molecule has 0 bridgehead atoms. The fourth-order valence-electron chi connectivity index (χ4n) is 2.77. The summed E-state index contributed by atoms with van der Waals surface area (Å²) < 4.78 is 0. The SMILES string of the molecule is CNCC1(C(=O)Nc2ccc(C)c(C)c2C)CCC1. The number of carbonyl (C=O) groups excluding carboxylic acids is 1. The van der Waals surface area contributed by atoms with Crippen LogP contribution < -0.4 is 10.6 Å². The highest BCUT2D eigenvalue weighted by molar-refractivity contribution is 5.96. The molecule has 2 rings (SSSR count). The Labute approximate surface area is 115 Å². The molecule has 0 atom stereocenters. The third-order valence-electron chi connectivity index (χ3n) is 4.61. The molecule has 19 heavy (non-hydrogen) atoms. The van der Waals surface area contributed by atoms with E-state index in [-0.39, 0.29) is 11.3 Å². The molecular formula is C16H24N2O. The predicted octanol–water partition coefficient (Wildman–Crippen LogP) is 2.94. The van der Waals surface area contributed by atoms with Gasteiger partial charge in [0.2, 0.25) is 5.91 Å². The lowest BCUT2D eigenvalue weighted by atomic mass is 9.68. The third kappa shape index (κ3) is 2.52. The molecule has 3 nitrogen and oxygen atoms in total. The maximum Gasteiger partial charge on any atom is 0.231 e. The number of carbonyl (C=O) groups is 1. The predicted molar refractivity (Wildman–Crippen MR) is 79.5 cm³/mol. The highest BCUT2D eigenvalue weighted by Crippen LogP contribution is 2.41. The second-order valence-corrected chi connectivity index (χ2v) is 5.80. The topological polar surface area (TPSA) is 41.1 Å². The van der Waals surface area contributed by atoms with Gasteiger partial charge in [-0.25, -0.2) is 0 Å². The molecule has 104 valence electrons. The molecule has 1 aliphatic rings. The number of rotatable bonds is 4. The molecule has 0 unspecified atom stereocenters. The molecule has 0 heterocycles. The van der Waals surface area contributed by atoms with Gasteiger partial charge < -0.3 is 10.6 Å². The first-order valence-electron chi connectivity index (χ1n) is 7.03. The first-order chi connectivity index (χ1) is 9.00. The molecule has 1 amide bonds. The van der Waals surface area contributed by atoms with Crippen LogP contribution in [0.1, 0.15) is 36.0 Å². The normalized spacial score (nSPS) is 16.8. The van der Waals surface area contributed by atoms with Gasteiger partial charge in [0, 0.05) is 12.2 Å². The van der Waals surface area contributed by atoms with Crippen LogP contribution in [0.4, 0.5) is 5.69 Å². The standard InChI is InChI=1S/C16H24N2O/c1-11-6-7-14(13(3)12(11)2)18-15(19)16(10-17-4)8-5-9-16/h6-7,17H,5,8-10H2,1-4H3,(H,18,19). The Bertz CT molecular complexity index is 490. The Balaban J connectivity index is 2.17. The van der Waals surface area contributed by atoms with Gasteiger partial charge in [0.25, 0.3) is 0 Å². The number of hydrogen-bond acceptors (Lipinski definition) is 2. The lowest BCUT2D eigenvalue weighted by Crippen LogP contribution is -2.48. The molecule has 0 saturated heterocycles. The average Bonchev–Trinajstić information content (AvgIpc) is 2.34. The van der Waals surface area contributed by atoms with Gasteiger partial charge in [0.1, 0.15) is 0 Å². The number of nitrogens with one attached hydrogen (secondary N) is 2. The zero-order valence-electron chi connectivity index (χ0n) is 12.4. The van der Waals surface area contributed by atoms with Crippen LogP contribution in [0, 0.1) is 26.2 Å². The average molecular weight is 260 g/mol. The summed E-state index contributed by atoms with van der Waals surface area (Å²) in [5.41, 5.74) is 4.46. The highest BCUT2D eigenvalue weighted by Gasteiger charge is 2.43. The molecule has 1 aromatic rings. The van der Waals surface area contributed by atoms with E-state index in [1.165, 1.54) is 16.7 Å². The van der Waals surface area contributed by atoms with Crippen LogP contribution in [0.25, 0.3) is 0 Å². The van der Waals surface area contributed by atoms with Gasteiger partial charge >= 0.3 is 0 Å². The fraction of sp³-hybridized carbons (Fsp3) is 0.562. The third-order valence-corrected chi connectivity index (χ3v) is 4.61. The van der Waals surface area contributed by atoms with E-state index in [0.717, 1.165) is 31.5 Å². The monoisotopic (exact) mass is 260 g/mol. The number of anilines is 1. The van der Waals surface area contributed by atoms with Crippen molar-refractivity contribution in [2.45, 2.75) is 40.0 Å². The van der Waals surface area contributed by atoms with E-state index in [1.807, 2.05) is 13.1 Å². The van der Waals surface area contributed by atoms with Crippen molar-refractivity contribution >= 4 is 11.6 Å². The van der Waals surface area contributed by atoms with Crippen molar-refractivity contribution in [3.63, 3.8) is 0 Å². The molecule has 0 radical (unpaired) electrons. The molecule has 1 fully saturated rings. The highest BCUT2D eigenvalue weighted by atomic mass is 16.2. The summed E-state index contributed by atoms with van der Waals surface area (Å²) in [6.07, 6.45) is 3.13. The number of amides is 1. The van der Waals surface area contributed by atoms with Crippen molar-refractivity contribution in [1.82, 2.24) is 5.32 Å². The van der Waals surface area contributed by atoms with E-state index in [4.69, 9.17) is 0 Å². The Kier molecular flexibility index (Phi) is 3.95. The minimum atomic E-state index is -0.194. The zero-order chi connectivity index (χ0) is 14.0. The van der Waals surface area contributed by atoms with E-state index in [1.54, 1.807) is 0 Å². The van der Waals surface area contributed by atoms with Gasteiger partial charge in [-0.2, -0.15) is 0 Å². The van der Waals surface area contributed by atoms with Gasteiger partial charge in [-0.05, 0) is 63.4 Å². The molecule has 1 aliphatic carbocycles. The molecule has 2 N–H and O–H groups in total.